The molecule has 0 bridgehead atoms. The monoisotopic (exact) mass is 397 g/mol. The van der Waals surface area contributed by atoms with E-state index in [1.165, 1.54) is 12.7 Å². The SMILES string of the molecule is COC(=O)c1ccccc1NC(=O)N1CCN(CCc2ccccc2OC)CC1. The molecule has 1 N–H and O–H groups in total. The average Bonchev–Trinajstić information content (AvgIpc) is 2.78. The summed E-state index contributed by atoms with van der Waals surface area (Å²) in [5, 5.41) is 2.83. The van der Waals surface area contributed by atoms with Gasteiger partial charge in [0, 0.05) is 32.7 Å². The van der Waals surface area contributed by atoms with Crippen LogP contribution in [0.15, 0.2) is 48.5 Å². The summed E-state index contributed by atoms with van der Waals surface area (Å²) in [6, 6.07) is 14.7. The van der Waals surface area contributed by atoms with Gasteiger partial charge in [-0.1, -0.05) is 30.3 Å². The highest BCUT2D eigenvalue weighted by Gasteiger charge is 2.22. The van der Waals surface area contributed by atoms with Crippen molar-refractivity contribution in [2.45, 2.75) is 6.42 Å². The van der Waals surface area contributed by atoms with Gasteiger partial charge < -0.3 is 19.7 Å². The molecular formula is C22H27N3O4. The molecule has 1 heterocycles. The lowest BCUT2D eigenvalue weighted by Gasteiger charge is -2.34. The van der Waals surface area contributed by atoms with Crippen molar-refractivity contribution in [3.05, 3.63) is 59.7 Å². The predicted octanol–water partition coefficient (Wildman–Crippen LogP) is 2.87. The molecule has 2 amide bonds. The Hall–Kier alpha value is -3.06. The second kappa shape index (κ2) is 9.93. The first-order chi connectivity index (χ1) is 14.1. The fraction of sp³-hybridized carbons (Fsp3) is 0.364. The van der Waals surface area contributed by atoms with E-state index in [1.54, 1.807) is 36.3 Å². The fourth-order valence-electron chi connectivity index (χ4n) is 3.44. The van der Waals surface area contributed by atoms with E-state index < -0.39 is 5.97 Å². The van der Waals surface area contributed by atoms with Gasteiger partial charge in [0.15, 0.2) is 0 Å². The van der Waals surface area contributed by atoms with Crippen LogP contribution in [0, 0.1) is 0 Å². The minimum atomic E-state index is -0.470. The van der Waals surface area contributed by atoms with Gasteiger partial charge >= 0.3 is 12.0 Å². The lowest BCUT2D eigenvalue weighted by Crippen LogP contribution is -2.50. The number of carbonyl (C=O) groups excluding carboxylic acids is 2. The van der Waals surface area contributed by atoms with Crippen molar-refractivity contribution >= 4 is 17.7 Å². The van der Waals surface area contributed by atoms with Gasteiger partial charge in [-0.05, 0) is 30.2 Å². The minimum Gasteiger partial charge on any atom is -0.496 e. The maximum Gasteiger partial charge on any atom is 0.339 e. The summed E-state index contributed by atoms with van der Waals surface area (Å²) in [4.78, 5) is 28.6. The predicted molar refractivity (Wildman–Crippen MR) is 112 cm³/mol. The summed E-state index contributed by atoms with van der Waals surface area (Å²) in [5.74, 6) is 0.442. The number of urea groups is 1. The van der Waals surface area contributed by atoms with Crippen LogP contribution in [0.5, 0.6) is 5.75 Å². The van der Waals surface area contributed by atoms with Crippen LogP contribution in [0.1, 0.15) is 15.9 Å². The van der Waals surface area contributed by atoms with Crippen molar-refractivity contribution in [1.29, 1.82) is 0 Å². The fourth-order valence-corrected chi connectivity index (χ4v) is 3.44. The van der Waals surface area contributed by atoms with Gasteiger partial charge in [-0.25, -0.2) is 9.59 Å². The molecule has 7 nitrogen and oxygen atoms in total. The smallest absolute Gasteiger partial charge is 0.339 e. The molecule has 1 aliphatic rings. The third-order valence-electron chi connectivity index (χ3n) is 5.12. The number of amides is 2. The normalized spacial score (nSPS) is 14.3. The van der Waals surface area contributed by atoms with E-state index in [4.69, 9.17) is 9.47 Å². The van der Waals surface area contributed by atoms with E-state index >= 15 is 0 Å². The van der Waals surface area contributed by atoms with E-state index in [9.17, 15) is 9.59 Å². The Morgan fingerprint density at radius 1 is 0.966 bits per heavy atom. The Bertz CT molecular complexity index is 847. The standard InChI is InChI=1S/C22H27N3O4/c1-28-20-10-6-3-7-17(20)11-12-24-13-15-25(16-14-24)22(27)23-19-9-5-4-8-18(19)21(26)29-2/h3-10H,11-16H2,1-2H3,(H,23,27). The van der Waals surface area contributed by atoms with Gasteiger partial charge in [0.25, 0.3) is 0 Å². The van der Waals surface area contributed by atoms with Crippen molar-refractivity contribution < 1.29 is 19.1 Å². The molecule has 29 heavy (non-hydrogen) atoms. The number of esters is 1. The molecule has 0 radical (unpaired) electrons. The molecule has 0 spiro atoms. The van der Waals surface area contributed by atoms with Gasteiger partial charge in [0.1, 0.15) is 5.75 Å². The molecule has 0 atom stereocenters. The number of para-hydroxylation sites is 2. The van der Waals surface area contributed by atoms with Gasteiger partial charge in [-0.15, -0.1) is 0 Å². The van der Waals surface area contributed by atoms with Crippen LogP contribution in [-0.2, 0) is 11.2 Å². The third kappa shape index (κ3) is 5.26. The number of nitrogens with zero attached hydrogens (tertiary/aromatic N) is 2. The number of methoxy groups -OCH3 is 2. The number of hydrogen-bond donors (Lipinski definition) is 1. The maximum atomic E-state index is 12.6. The van der Waals surface area contributed by atoms with Crippen LogP contribution < -0.4 is 10.1 Å². The second-order valence-electron chi connectivity index (χ2n) is 6.86. The molecule has 0 aliphatic carbocycles. The van der Waals surface area contributed by atoms with E-state index in [1.807, 2.05) is 18.2 Å². The molecule has 1 aliphatic heterocycles. The Morgan fingerprint density at radius 3 is 2.38 bits per heavy atom. The summed E-state index contributed by atoms with van der Waals surface area (Å²) >= 11 is 0. The summed E-state index contributed by atoms with van der Waals surface area (Å²) in [6.45, 7) is 3.81. The van der Waals surface area contributed by atoms with E-state index in [-0.39, 0.29) is 6.03 Å². The van der Waals surface area contributed by atoms with Crippen molar-refractivity contribution in [3.8, 4) is 5.75 Å². The van der Waals surface area contributed by atoms with E-state index in [0.29, 0.717) is 24.3 Å². The molecule has 7 heteroatoms. The maximum absolute atomic E-state index is 12.6. The zero-order valence-corrected chi connectivity index (χ0v) is 16.9. The number of ether oxygens (including phenoxy) is 2. The molecule has 1 fully saturated rings. The second-order valence-corrected chi connectivity index (χ2v) is 6.86. The van der Waals surface area contributed by atoms with Gasteiger partial charge in [-0.3, -0.25) is 4.90 Å². The highest BCUT2D eigenvalue weighted by Crippen LogP contribution is 2.19. The summed E-state index contributed by atoms with van der Waals surface area (Å²) in [7, 11) is 3.01. The summed E-state index contributed by atoms with van der Waals surface area (Å²) < 4.78 is 10.2. The lowest BCUT2D eigenvalue weighted by atomic mass is 10.1. The molecule has 0 saturated carbocycles. The van der Waals surface area contributed by atoms with Crippen LogP contribution >= 0.6 is 0 Å². The molecule has 1 saturated heterocycles. The summed E-state index contributed by atoms with van der Waals surface area (Å²) in [5.41, 5.74) is 2.00. The largest absolute Gasteiger partial charge is 0.496 e. The zero-order valence-electron chi connectivity index (χ0n) is 16.9. The van der Waals surface area contributed by atoms with Gasteiger partial charge in [0.2, 0.25) is 0 Å². The number of nitrogens with one attached hydrogen (secondary N) is 1. The van der Waals surface area contributed by atoms with Gasteiger partial charge in [-0.2, -0.15) is 0 Å². The number of rotatable bonds is 6. The highest BCUT2D eigenvalue weighted by molar-refractivity contribution is 6.00. The average molecular weight is 397 g/mol. The quantitative estimate of drug-likeness (QED) is 0.759. The third-order valence-corrected chi connectivity index (χ3v) is 5.12. The molecule has 3 rings (SSSR count). The van der Waals surface area contributed by atoms with Crippen molar-refractivity contribution in [2.24, 2.45) is 0 Å². The Morgan fingerprint density at radius 2 is 1.66 bits per heavy atom. The first-order valence-corrected chi connectivity index (χ1v) is 9.70. The topological polar surface area (TPSA) is 71.1 Å². The minimum absolute atomic E-state index is 0.203. The van der Waals surface area contributed by atoms with Crippen LogP contribution in [0.2, 0.25) is 0 Å². The first-order valence-electron chi connectivity index (χ1n) is 9.70. The van der Waals surface area contributed by atoms with Crippen LogP contribution in [0.25, 0.3) is 0 Å². The molecular weight excluding hydrogens is 370 g/mol. The van der Waals surface area contributed by atoms with E-state index in [0.717, 1.165) is 31.8 Å². The Kier molecular flexibility index (Phi) is 7.08. The van der Waals surface area contributed by atoms with Crippen LogP contribution in [0.3, 0.4) is 0 Å². The van der Waals surface area contributed by atoms with Crippen LogP contribution in [0.4, 0.5) is 10.5 Å². The molecule has 0 unspecified atom stereocenters. The molecule has 0 aromatic heterocycles. The van der Waals surface area contributed by atoms with Crippen molar-refractivity contribution in [3.63, 3.8) is 0 Å². The van der Waals surface area contributed by atoms with Gasteiger partial charge in [0.05, 0.1) is 25.5 Å². The van der Waals surface area contributed by atoms with Crippen molar-refractivity contribution in [2.75, 3.05) is 52.3 Å². The highest BCUT2D eigenvalue weighted by atomic mass is 16.5. The van der Waals surface area contributed by atoms with E-state index in [2.05, 4.69) is 16.3 Å². The lowest BCUT2D eigenvalue weighted by molar-refractivity contribution is 0.0602. The first kappa shape index (κ1) is 20.7. The molecule has 2 aromatic carbocycles. The Labute approximate surface area is 171 Å². The number of hydrogen-bond acceptors (Lipinski definition) is 5. The number of benzene rings is 2. The van der Waals surface area contributed by atoms with Crippen LogP contribution in [-0.4, -0.2) is 68.7 Å². The zero-order chi connectivity index (χ0) is 20.6. The molecule has 154 valence electrons. The summed E-state index contributed by atoms with van der Waals surface area (Å²) in [6.07, 6.45) is 0.905. The number of anilines is 1. The molecule has 2 aromatic rings. The Balaban J connectivity index is 1.51. The van der Waals surface area contributed by atoms with Crippen molar-refractivity contribution in [1.82, 2.24) is 9.80 Å². The number of piperazine rings is 1. The number of carbonyl (C=O) groups is 2.